The number of piperazine rings is 1. The van der Waals surface area contributed by atoms with Gasteiger partial charge in [-0.05, 0) is 66.7 Å². The summed E-state index contributed by atoms with van der Waals surface area (Å²) in [6.07, 6.45) is 5.02. The van der Waals surface area contributed by atoms with Gasteiger partial charge in [0, 0.05) is 49.5 Å². The van der Waals surface area contributed by atoms with Crippen LogP contribution in [-0.4, -0.2) is 85.2 Å². The third-order valence-corrected chi connectivity index (χ3v) is 6.96. The minimum Gasteiger partial charge on any atom is -0.353 e. The third kappa shape index (κ3) is 3.18. The molecule has 6 nitrogen and oxygen atoms in total. The van der Waals surface area contributed by atoms with Gasteiger partial charge < -0.3 is 14.7 Å². The van der Waals surface area contributed by atoms with Gasteiger partial charge in [-0.25, -0.2) is 4.98 Å². The van der Waals surface area contributed by atoms with Crippen LogP contribution in [0.25, 0.3) is 0 Å². The van der Waals surface area contributed by atoms with E-state index in [4.69, 9.17) is 9.97 Å². The lowest BCUT2D eigenvalue weighted by molar-refractivity contribution is 0.0383. The van der Waals surface area contributed by atoms with Crippen LogP contribution >= 0.6 is 0 Å². The van der Waals surface area contributed by atoms with Gasteiger partial charge in [0.1, 0.15) is 5.82 Å². The molecule has 0 radical (unpaired) electrons. The zero-order chi connectivity index (χ0) is 18.3. The molecule has 0 N–H and O–H groups in total. The van der Waals surface area contributed by atoms with Gasteiger partial charge in [0.25, 0.3) is 0 Å². The van der Waals surface area contributed by atoms with Crippen LogP contribution in [0.15, 0.2) is 0 Å². The van der Waals surface area contributed by atoms with Gasteiger partial charge in [0.2, 0.25) is 5.95 Å². The number of piperidine rings is 1. The Morgan fingerprint density at radius 3 is 2.19 bits per heavy atom. The fourth-order valence-electron chi connectivity index (χ4n) is 4.78. The van der Waals surface area contributed by atoms with Crippen LogP contribution in [0.1, 0.15) is 36.9 Å². The SMILES string of the molecule is Cc1nc(N2CCCC2)nc(N2CCN(C)C3(CCN(C)CC3)C2)c1C. The average molecular weight is 359 g/mol. The second-order valence-corrected chi connectivity index (χ2v) is 8.62. The first-order valence-electron chi connectivity index (χ1n) is 10.2. The van der Waals surface area contributed by atoms with Crippen molar-refractivity contribution in [3.63, 3.8) is 0 Å². The second-order valence-electron chi connectivity index (χ2n) is 8.62. The van der Waals surface area contributed by atoms with Gasteiger partial charge in [-0.3, -0.25) is 4.90 Å². The Morgan fingerprint density at radius 1 is 0.808 bits per heavy atom. The third-order valence-electron chi connectivity index (χ3n) is 6.96. The summed E-state index contributed by atoms with van der Waals surface area (Å²) in [5, 5.41) is 0. The number of anilines is 2. The fourth-order valence-corrected chi connectivity index (χ4v) is 4.78. The molecule has 1 aromatic rings. The lowest BCUT2D eigenvalue weighted by Gasteiger charge is -2.53. The standard InChI is InChI=1S/C20H34N6/c1-16-17(2)21-19(25-9-5-6-10-25)22-18(16)26-14-13-24(4)20(15-26)7-11-23(3)12-8-20/h5-15H2,1-4H3. The van der Waals surface area contributed by atoms with E-state index in [1.807, 2.05) is 0 Å². The number of nitrogens with zero attached hydrogens (tertiary/aromatic N) is 6. The Hall–Kier alpha value is -1.40. The molecule has 0 aromatic carbocycles. The van der Waals surface area contributed by atoms with Crippen LogP contribution < -0.4 is 9.80 Å². The summed E-state index contributed by atoms with van der Waals surface area (Å²) in [7, 11) is 4.56. The normalized spacial score (nSPS) is 24.6. The number of hydrogen-bond acceptors (Lipinski definition) is 6. The summed E-state index contributed by atoms with van der Waals surface area (Å²) in [5.41, 5.74) is 2.68. The highest BCUT2D eigenvalue weighted by atomic mass is 15.4. The smallest absolute Gasteiger partial charge is 0.227 e. The second kappa shape index (κ2) is 6.97. The van der Waals surface area contributed by atoms with Crippen molar-refractivity contribution in [1.29, 1.82) is 0 Å². The topological polar surface area (TPSA) is 38.7 Å². The molecule has 0 atom stereocenters. The highest BCUT2D eigenvalue weighted by molar-refractivity contribution is 5.53. The average Bonchev–Trinajstić information content (AvgIpc) is 3.17. The van der Waals surface area contributed by atoms with Gasteiger partial charge in [0.05, 0.1) is 0 Å². The van der Waals surface area contributed by atoms with Crippen LogP contribution in [-0.2, 0) is 0 Å². The van der Waals surface area contributed by atoms with Crippen LogP contribution in [0.2, 0.25) is 0 Å². The van der Waals surface area contributed by atoms with Gasteiger partial charge in [-0.1, -0.05) is 0 Å². The van der Waals surface area contributed by atoms with E-state index in [0.29, 0.717) is 5.54 Å². The summed E-state index contributed by atoms with van der Waals surface area (Å²) in [6, 6.07) is 0. The molecule has 6 heteroatoms. The number of likely N-dealkylation sites (N-methyl/N-ethyl adjacent to an activating group) is 1. The first-order valence-corrected chi connectivity index (χ1v) is 10.2. The first kappa shape index (κ1) is 18.0. The molecule has 0 aliphatic carbocycles. The molecule has 3 saturated heterocycles. The molecule has 26 heavy (non-hydrogen) atoms. The van der Waals surface area contributed by atoms with E-state index in [1.54, 1.807) is 0 Å². The molecule has 0 unspecified atom stereocenters. The number of aromatic nitrogens is 2. The maximum Gasteiger partial charge on any atom is 0.227 e. The predicted octanol–water partition coefficient (Wildman–Crippen LogP) is 1.91. The highest BCUT2D eigenvalue weighted by Crippen LogP contribution is 2.34. The zero-order valence-corrected chi connectivity index (χ0v) is 17.0. The maximum absolute atomic E-state index is 5.07. The van der Waals surface area contributed by atoms with E-state index in [0.717, 1.165) is 44.4 Å². The molecule has 4 heterocycles. The zero-order valence-electron chi connectivity index (χ0n) is 17.0. The van der Waals surface area contributed by atoms with E-state index in [-0.39, 0.29) is 0 Å². The van der Waals surface area contributed by atoms with Crippen molar-refractivity contribution in [3.8, 4) is 0 Å². The fraction of sp³-hybridized carbons (Fsp3) is 0.800. The van der Waals surface area contributed by atoms with E-state index in [2.05, 4.69) is 47.5 Å². The van der Waals surface area contributed by atoms with Crippen LogP contribution in [0.3, 0.4) is 0 Å². The van der Waals surface area contributed by atoms with Crippen molar-refractivity contribution >= 4 is 11.8 Å². The molecule has 0 saturated carbocycles. The maximum atomic E-state index is 5.07. The minimum atomic E-state index is 0.295. The molecule has 3 fully saturated rings. The van der Waals surface area contributed by atoms with E-state index >= 15 is 0 Å². The van der Waals surface area contributed by atoms with Crippen molar-refractivity contribution < 1.29 is 0 Å². The lowest BCUT2D eigenvalue weighted by Crippen LogP contribution is -2.64. The minimum absolute atomic E-state index is 0.295. The molecule has 3 aliphatic heterocycles. The summed E-state index contributed by atoms with van der Waals surface area (Å²) >= 11 is 0. The Balaban J connectivity index is 1.62. The largest absolute Gasteiger partial charge is 0.353 e. The molecule has 144 valence electrons. The van der Waals surface area contributed by atoms with Gasteiger partial charge in [-0.2, -0.15) is 4.98 Å². The Kier molecular flexibility index (Phi) is 4.82. The van der Waals surface area contributed by atoms with Crippen molar-refractivity contribution in [2.75, 3.05) is 69.7 Å². The lowest BCUT2D eigenvalue weighted by atomic mass is 9.84. The number of likely N-dealkylation sites (tertiary alicyclic amines) is 1. The Bertz CT molecular complexity index is 646. The molecule has 0 bridgehead atoms. The van der Waals surface area contributed by atoms with Gasteiger partial charge in [0.15, 0.2) is 0 Å². The monoisotopic (exact) mass is 358 g/mol. The first-order chi connectivity index (χ1) is 12.5. The molecule has 1 aromatic heterocycles. The Labute approximate surface area is 158 Å². The van der Waals surface area contributed by atoms with Crippen molar-refractivity contribution in [1.82, 2.24) is 19.8 Å². The van der Waals surface area contributed by atoms with E-state index in [9.17, 15) is 0 Å². The van der Waals surface area contributed by atoms with Crippen LogP contribution in [0.4, 0.5) is 11.8 Å². The molecule has 1 spiro atoms. The van der Waals surface area contributed by atoms with E-state index < -0.39 is 0 Å². The summed E-state index contributed by atoms with van der Waals surface area (Å²) in [4.78, 5) is 19.9. The molecule has 3 aliphatic rings. The van der Waals surface area contributed by atoms with Crippen LogP contribution in [0.5, 0.6) is 0 Å². The Morgan fingerprint density at radius 2 is 1.50 bits per heavy atom. The van der Waals surface area contributed by atoms with Crippen molar-refractivity contribution in [2.45, 2.75) is 45.1 Å². The summed E-state index contributed by atoms with van der Waals surface area (Å²) in [5.74, 6) is 2.11. The summed E-state index contributed by atoms with van der Waals surface area (Å²) < 4.78 is 0. The molecular formula is C20H34N6. The molecule has 0 amide bonds. The van der Waals surface area contributed by atoms with E-state index in [1.165, 1.54) is 50.2 Å². The van der Waals surface area contributed by atoms with Crippen LogP contribution in [0, 0.1) is 13.8 Å². The molecular weight excluding hydrogens is 324 g/mol. The van der Waals surface area contributed by atoms with Crippen molar-refractivity contribution in [2.24, 2.45) is 0 Å². The summed E-state index contributed by atoms with van der Waals surface area (Å²) in [6.45, 7) is 12.2. The molecule has 4 rings (SSSR count). The predicted molar refractivity (Wildman–Crippen MR) is 107 cm³/mol. The van der Waals surface area contributed by atoms with Gasteiger partial charge in [-0.15, -0.1) is 0 Å². The van der Waals surface area contributed by atoms with Gasteiger partial charge >= 0.3 is 0 Å². The highest BCUT2D eigenvalue weighted by Gasteiger charge is 2.42. The number of hydrogen-bond donors (Lipinski definition) is 0. The number of aryl methyl sites for hydroxylation is 1. The van der Waals surface area contributed by atoms with Crippen molar-refractivity contribution in [3.05, 3.63) is 11.3 Å². The number of rotatable bonds is 2. The quantitative estimate of drug-likeness (QED) is 0.804.